The van der Waals surface area contributed by atoms with Crippen LogP contribution in [-0.4, -0.2) is 44.3 Å². The average molecular weight is 486 g/mol. The van der Waals surface area contributed by atoms with Crippen LogP contribution in [0.15, 0.2) is 51.9 Å². The van der Waals surface area contributed by atoms with E-state index in [2.05, 4.69) is 39.7 Å². The topological polar surface area (TPSA) is 73.0 Å². The molecule has 27 heavy (non-hydrogen) atoms. The van der Waals surface area contributed by atoms with Crippen LogP contribution >= 0.6 is 24.0 Å². The molecule has 1 heterocycles. The molecular weight excluding hydrogens is 455 g/mol. The molecule has 3 N–H and O–H groups in total. The molecule has 0 saturated carbocycles. The first-order chi connectivity index (χ1) is 12.4. The van der Waals surface area contributed by atoms with Gasteiger partial charge in [0.25, 0.3) is 0 Å². The zero-order valence-corrected chi connectivity index (χ0v) is 18.9. The molecule has 0 amide bonds. The highest BCUT2D eigenvalue weighted by Gasteiger charge is 2.26. The number of guanidine groups is 1. The molecule has 0 radical (unpaired) electrons. The van der Waals surface area contributed by atoms with E-state index < -0.39 is 5.60 Å². The Hall–Kier alpha value is -1.74. The van der Waals surface area contributed by atoms with Gasteiger partial charge in [-0.25, -0.2) is 4.99 Å². The van der Waals surface area contributed by atoms with E-state index in [0.717, 1.165) is 25.4 Å². The van der Waals surface area contributed by atoms with Crippen molar-refractivity contribution in [3.05, 3.63) is 54.0 Å². The Bertz CT molecular complexity index is 701. The van der Waals surface area contributed by atoms with Crippen molar-refractivity contribution < 1.29 is 9.52 Å². The second-order valence-electron chi connectivity index (χ2n) is 6.56. The molecule has 0 aliphatic rings. The lowest BCUT2D eigenvalue weighted by molar-refractivity contribution is 0.0428. The number of aliphatic imine (C=N–C) groups is 1. The number of hydrogen-bond acceptors (Lipinski definition) is 4. The van der Waals surface area contributed by atoms with Gasteiger partial charge < -0.3 is 25.1 Å². The number of nitrogens with zero attached hydrogens (tertiary/aromatic N) is 2. The van der Waals surface area contributed by atoms with Crippen LogP contribution in [-0.2, 0) is 5.60 Å². The van der Waals surface area contributed by atoms with Crippen LogP contribution in [0.2, 0.25) is 0 Å². The number of rotatable bonds is 8. The summed E-state index contributed by atoms with van der Waals surface area (Å²) in [6.07, 6.45) is 0. The molecule has 1 aromatic carbocycles. The summed E-state index contributed by atoms with van der Waals surface area (Å²) in [6, 6.07) is 13.9. The molecule has 0 saturated heterocycles. The second-order valence-corrected chi connectivity index (χ2v) is 6.56. The van der Waals surface area contributed by atoms with Crippen molar-refractivity contribution in [3.8, 4) is 0 Å². The first-order valence-electron chi connectivity index (χ1n) is 9.00. The molecule has 0 aliphatic heterocycles. The van der Waals surface area contributed by atoms with Crippen LogP contribution < -0.4 is 15.5 Å². The molecule has 2 rings (SSSR count). The number of hydrogen-bond donors (Lipinski definition) is 3. The summed E-state index contributed by atoms with van der Waals surface area (Å²) in [4.78, 5) is 6.69. The molecule has 0 aliphatic carbocycles. The molecule has 0 fully saturated rings. The Morgan fingerprint density at radius 1 is 1.19 bits per heavy atom. The minimum Gasteiger partial charge on any atom is -0.463 e. The Morgan fingerprint density at radius 3 is 2.48 bits per heavy atom. The van der Waals surface area contributed by atoms with Crippen LogP contribution in [0.1, 0.15) is 25.4 Å². The number of aliphatic hydroxyl groups is 1. The predicted molar refractivity (Wildman–Crippen MR) is 122 cm³/mol. The van der Waals surface area contributed by atoms with Gasteiger partial charge in [-0.3, -0.25) is 0 Å². The largest absolute Gasteiger partial charge is 0.463 e. The lowest BCUT2D eigenvalue weighted by Gasteiger charge is -2.22. The number of aryl methyl sites for hydroxylation is 1. The number of likely N-dealkylation sites (N-methyl/N-ethyl adjacent to an activating group) is 1. The van der Waals surface area contributed by atoms with Gasteiger partial charge in [-0.1, -0.05) is 18.2 Å². The van der Waals surface area contributed by atoms with Gasteiger partial charge in [-0.05, 0) is 45.0 Å². The predicted octanol–water partition coefficient (Wildman–Crippen LogP) is 3.11. The highest BCUT2D eigenvalue weighted by molar-refractivity contribution is 14.0. The van der Waals surface area contributed by atoms with Gasteiger partial charge in [0.05, 0.1) is 6.54 Å². The average Bonchev–Trinajstić information content (AvgIpc) is 3.08. The fraction of sp³-hybridized carbons (Fsp3) is 0.450. The third-order valence-electron chi connectivity index (χ3n) is 4.10. The molecule has 1 aromatic heterocycles. The smallest absolute Gasteiger partial charge is 0.191 e. The van der Waals surface area contributed by atoms with E-state index in [1.165, 1.54) is 5.69 Å². The van der Waals surface area contributed by atoms with Gasteiger partial charge in [0.2, 0.25) is 0 Å². The number of nitrogens with one attached hydrogen (secondary N) is 2. The quantitative estimate of drug-likeness (QED) is 0.304. The van der Waals surface area contributed by atoms with Gasteiger partial charge in [0.1, 0.15) is 17.1 Å². The number of anilines is 1. The number of halogens is 1. The zero-order valence-electron chi connectivity index (χ0n) is 16.5. The van der Waals surface area contributed by atoms with Gasteiger partial charge in [0.15, 0.2) is 5.96 Å². The fourth-order valence-corrected chi connectivity index (χ4v) is 2.53. The molecule has 150 valence electrons. The molecule has 2 aromatic rings. The summed E-state index contributed by atoms with van der Waals surface area (Å²) in [5.41, 5.74) is 0.0321. The van der Waals surface area contributed by atoms with Crippen molar-refractivity contribution in [1.29, 1.82) is 0 Å². The molecule has 6 nitrogen and oxygen atoms in total. The maximum absolute atomic E-state index is 10.6. The minimum atomic E-state index is -1.14. The molecular formula is C20H31IN4O2. The van der Waals surface area contributed by atoms with Gasteiger partial charge in [-0.2, -0.15) is 0 Å². The highest BCUT2D eigenvalue weighted by Crippen LogP contribution is 2.23. The Kier molecular flexibility index (Phi) is 9.65. The summed E-state index contributed by atoms with van der Waals surface area (Å²) in [5.74, 6) is 1.98. The number of furan rings is 1. The standard InChI is InChI=1S/C20H30N4O2.HI/c1-5-21-19(22-13-14-24(4)17-9-7-6-8-10-17)23-15-20(3,25)18-12-11-16(2)26-18;/h6-12,25H,5,13-15H2,1-4H3,(H2,21,22,23);1H. The van der Waals surface area contributed by atoms with Crippen molar-refractivity contribution in [2.45, 2.75) is 26.4 Å². The minimum absolute atomic E-state index is 0. The molecule has 1 unspecified atom stereocenters. The highest BCUT2D eigenvalue weighted by atomic mass is 127. The molecule has 0 spiro atoms. The summed E-state index contributed by atoms with van der Waals surface area (Å²) < 4.78 is 5.54. The SMILES string of the molecule is CCNC(=NCC(C)(O)c1ccc(C)o1)NCCN(C)c1ccccc1.I. The van der Waals surface area contributed by atoms with E-state index >= 15 is 0 Å². The van der Waals surface area contributed by atoms with Crippen LogP contribution in [0.5, 0.6) is 0 Å². The van der Waals surface area contributed by atoms with Crippen LogP contribution in [0, 0.1) is 6.92 Å². The number of para-hydroxylation sites is 1. The molecule has 7 heteroatoms. The monoisotopic (exact) mass is 486 g/mol. The van der Waals surface area contributed by atoms with E-state index in [0.29, 0.717) is 11.7 Å². The summed E-state index contributed by atoms with van der Waals surface area (Å²) in [7, 11) is 2.06. The van der Waals surface area contributed by atoms with Crippen molar-refractivity contribution in [3.63, 3.8) is 0 Å². The maximum Gasteiger partial charge on any atom is 0.191 e. The Balaban J connectivity index is 0.00000364. The van der Waals surface area contributed by atoms with Crippen molar-refractivity contribution in [2.75, 3.05) is 38.1 Å². The van der Waals surface area contributed by atoms with Crippen LogP contribution in [0.3, 0.4) is 0 Å². The number of benzene rings is 1. The first-order valence-corrected chi connectivity index (χ1v) is 9.00. The van der Waals surface area contributed by atoms with E-state index in [9.17, 15) is 5.11 Å². The van der Waals surface area contributed by atoms with Gasteiger partial charge in [0, 0.05) is 32.4 Å². The molecule has 1 atom stereocenters. The van der Waals surface area contributed by atoms with E-state index in [-0.39, 0.29) is 30.5 Å². The third kappa shape index (κ3) is 7.42. The van der Waals surface area contributed by atoms with Crippen molar-refractivity contribution >= 4 is 35.6 Å². The lowest BCUT2D eigenvalue weighted by atomic mass is 10.0. The van der Waals surface area contributed by atoms with E-state index in [4.69, 9.17) is 4.42 Å². The first kappa shape index (κ1) is 23.3. The third-order valence-corrected chi connectivity index (χ3v) is 4.10. The second kappa shape index (κ2) is 11.2. The molecule has 0 bridgehead atoms. The lowest BCUT2D eigenvalue weighted by Crippen LogP contribution is -2.42. The van der Waals surface area contributed by atoms with Gasteiger partial charge in [-0.15, -0.1) is 24.0 Å². The summed E-state index contributed by atoms with van der Waals surface area (Å²) in [5, 5.41) is 17.1. The van der Waals surface area contributed by atoms with Crippen molar-refractivity contribution in [1.82, 2.24) is 10.6 Å². The van der Waals surface area contributed by atoms with Crippen LogP contribution in [0.25, 0.3) is 0 Å². The maximum atomic E-state index is 10.6. The van der Waals surface area contributed by atoms with Gasteiger partial charge >= 0.3 is 0 Å². The summed E-state index contributed by atoms with van der Waals surface area (Å²) in [6.45, 7) is 8.12. The van der Waals surface area contributed by atoms with Crippen molar-refractivity contribution in [2.24, 2.45) is 4.99 Å². The van der Waals surface area contributed by atoms with E-state index in [1.54, 1.807) is 13.0 Å². The summed E-state index contributed by atoms with van der Waals surface area (Å²) >= 11 is 0. The fourth-order valence-electron chi connectivity index (χ4n) is 2.53. The van der Waals surface area contributed by atoms with E-state index in [1.807, 2.05) is 38.1 Å². The normalized spacial score (nSPS) is 13.4. The Morgan fingerprint density at radius 2 is 1.89 bits per heavy atom. The zero-order chi connectivity index (χ0) is 19.0. The Labute approximate surface area is 179 Å². The van der Waals surface area contributed by atoms with Crippen LogP contribution in [0.4, 0.5) is 5.69 Å².